The molecular formula is C35H38N6O5. The molecule has 1 aliphatic rings. The summed E-state index contributed by atoms with van der Waals surface area (Å²) >= 11 is 0. The number of hydrogen-bond acceptors (Lipinski definition) is 9. The van der Waals surface area contributed by atoms with E-state index in [4.69, 9.17) is 14.7 Å². The first kappa shape index (κ1) is 33.6. The molecule has 0 unspecified atom stereocenters. The summed E-state index contributed by atoms with van der Waals surface area (Å²) in [5.74, 6) is 0.595. The largest absolute Gasteiger partial charge is 0.491 e. The Labute approximate surface area is 268 Å². The van der Waals surface area contributed by atoms with Gasteiger partial charge in [0.1, 0.15) is 25.0 Å². The first-order valence-electron chi connectivity index (χ1n) is 15.0. The second-order valence-electron chi connectivity index (χ2n) is 10.4. The summed E-state index contributed by atoms with van der Waals surface area (Å²) < 4.78 is 16.4. The number of hydrogen-bond donors (Lipinski definition) is 3. The Morgan fingerprint density at radius 2 is 1.59 bits per heavy atom. The molecule has 3 aromatic carbocycles. The second-order valence-corrected chi connectivity index (χ2v) is 10.4. The van der Waals surface area contributed by atoms with Crippen LogP contribution in [0.2, 0.25) is 0 Å². The first-order chi connectivity index (χ1) is 22.5. The monoisotopic (exact) mass is 622 g/mol. The maximum absolute atomic E-state index is 12.0. The highest BCUT2D eigenvalue weighted by atomic mass is 16.5. The molecule has 0 bridgehead atoms. The lowest BCUT2D eigenvalue weighted by atomic mass is 10.1. The molecule has 11 heteroatoms. The summed E-state index contributed by atoms with van der Waals surface area (Å²) in [7, 11) is 1.22. The topological polar surface area (TPSA) is 147 Å². The average Bonchev–Trinajstić information content (AvgIpc) is 3.11. The number of rotatable bonds is 11. The molecule has 1 saturated heterocycles. The number of alkyl carbamates (subject to hydrolysis) is 1. The van der Waals surface area contributed by atoms with Crippen molar-refractivity contribution in [3.8, 4) is 11.8 Å². The van der Waals surface area contributed by atoms with E-state index in [0.717, 1.165) is 6.42 Å². The van der Waals surface area contributed by atoms with E-state index < -0.39 is 12.0 Å². The maximum Gasteiger partial charge on any atom is 0.407 e. The van der Waals surface area contributed by atoms with Crippen molar-refractivity contribution in [3.63, 3.8) is 0 Å². The molecule has 1 aromatic heterocycles. The van der Waals surface area contributed by atoms with Crippen molar-refractivity contribution in [2.45, 2.75) is 31.5 Å². The van der Waals surface area contributed by atoms with Gasteiger partial charge in [-0.2, -0.15) is 5.26 Å². The predicted molar refractivity (Wildman–Crippen MR) is 173 cm³/mol. The summed E-state index contributed by atoms with van der Waals surface area (Å²) in [6, 6.07) is 30.1. The van der Waals surface area contributed by atoms with Crippen molar-refractivity contribution in [2.24, 2.45) is 0 Å². The Balaban J connectivity index is 0.000000305. The smallest absolute Gasteiger partial charge is 0.407 e. The SMILES string of the molecule is COC(=O)NCC(=O)Nc1nccnc1CC[C@@H]1CNC[C@@H](COc2ccc(C#N)cc2)O1.c1ccc(Cc2ccccc2)cc1. The van der Waals surface area contributed by atoms with Crippen LogP contribution in [0, 0.1) is 11.3 Å². The zero-order valence-electron chi connectivity index (χ0n) is 25.7. The fourth-order valence-corrected chi connectivity index (χ4v) is 4.64. The van der Waals surface area contributed by atoms with Crippen LogP contribution in [0.4, 0.5) is 10.6 Å². The maximum atomic E-state index is 12.0. The first-order valence-corrected chi connectivity index (χ1v) is 15.0. The molecular weight excluding hydrogens is 584 g/mol. The van der Waals surface area contributed by atoms with Gasteiger partial charge in [-0.15, -0.1) is 0 Å². The van der Waals surface area contributed by atoms with Crippen LogP contribution in [-0.2, 0) is 27.1 Å². The second kappa shape index (κ2) is 18.5. The Hall–Kier alpha value is -5.31. The number of methoxy groups -OCH3 is 1. The molecule has 11 nitrogen and oxygen atoms in total. The minimum Gasteiger partial charge on any atom is -0.491 e. The average molecular weight is 623 g/mol. The predicted octanol–water partition coefficient (Wildman–Crippen LogP) is 4.29. The standard InChI is InChI=1S/C22H26N6O5.C13H12/c1-31-22(30)27-13-20(29)28-21-19(25-8-9-26-21)7-6-17-11-24-12-18(33-17)14-32-16-4-2-15(10-23)3-5-16;1-3-7-12(8-4-1)11-13-9-5-2-6-10-13/h2-5,8-9,17-18,24H,6-7,11-14H2,1H3,(H,27,30)(H,26,28,29);1-10H,11H2/t17-,18+;/m1./s1. The summed E-state index contributed by atoms with van der Waals surface area (Å²) in [4.78, 5) is 31.7. The number of nitrogens with one attached hydrogen (secondary N) is 3. The van der Waals surface area contributed by atoms with Crippen LogP contribution in [0.1, 0.15) is 28.8 Å². The van der Waals surface area contributed by atoms with Crippen molar-refractivity contribution < 1.29 is 23.8 Å². The zero-order valence-corrected chi connectivity index (χ0v) is 25.7. The fraction of sp³-hybridized carbons (Fsp3) is 0.286. The van der Waals surface area contributed by atoms with Crippen LogP contribution >= 0.6 is 0 Å². The lowest BCUT2D eigenvalue weighted by Gasteiger charge is -2.31. The van der Waals surface area contributed by atoms with E-state index in [1.807, 2.05) is 0 Å². The molecule has 2 amide bonds. The van der Waals surface area contributed by atoms with Crippen LogP contribution in [0.5, 0.6) is 5.75 Å². The molecule has 0 aliphatic carbocycles. The molecule has 3 N–H and O–H groups in total. The van der Waals surface area contributed by atoms with Gasteiger partial charge in [-0.25, -0.2) is 9.78 Å². The van der Waals surface area contributed by atoms with E-state index in [0.29, 0.717) is 55.4 Å². The zero-order chi connectivity index (χ0) is 32.4. The summed E-state index contributed by atoms with van der Waals surface area (Å²) in [6.07, 6.45) is 4.43. The van der Waals surface area contributed by atoms with Gasteiger partial charge in [0.15, 0.2) is 5.82 Å². The summed E-state index contributed by atoms with van der Waals surface area (Å²) in [5, 5.41) is 17.2. The summed E-state index contributed by atoms with van der Waals surface area (Å²) in [6.45, 7) is 1.51. The number of aryl methyl sites for hydroxylation is 1. The molecule has 4 aromatic rings. The molecule has 238 valence electrons. The number of carbonyl (C=O) groups is 2. The molecule has 1 aliphatic heterocycles. The van der Waals surface area contributed by atoms with E-state index in [-0.39, 0.29) is 18.8 Å². The van der Waals surface area contributed by atoms with Gasteiger partial charge in [-0.3, -0.25) is 9.78 Å². The normalized spacial score (nSPS) is 15.3. The highest BCUT2D eigenvalue weighted by molar-refractivity contribution is 5.93. The molecule has 2 heterocycles. The Morgan fingerprint density at radius 3 is 2.24 bits per heavy atom. The third-order valence-corrected chi connectivity index (χ3v) is 6.96. The van der Waals surface area contributed by atoms with Gasteiger partial charge < -0.3 is 30.2 Å². The Morgan fingerprint density at radius 1 is 0.935 bits per heavy atom. The van der Waals surface area contributed by atoms with Crippen LogP contribution in [0.25, 0.3) is 0 Å². The van der Waals surface area contributed by atoms with Crippen LogP contribution in [0.3, 0.4) is 0 Å². The molecule has 1 fully saturated rings. The fourth-order valence-electron chi connectivity index (χ4n) is 4.64. The van der Waals surface area contributed by atoms with Gasteiger partial charge in [-0.05, 0) is 54.7 Å². The number of carbonyl (C=O) groups excluding carboxylic acids is 2. The summed E-state index contributed by atoms with van der Waals surface area (Å²) in [5.41, 5.74) is 3.95. The van der Waals surface area contributed by atoms with Gasteiger partial charge in [0.05, 0.1) is 30.5 Å². The number of amides is 2. The number of ether oxygens (including phenoxy) is 3. The third kappa shape index (κ3) is 11.6. The highest BCUT2D eigenvalue weighted by Crippen LogP contribution is 2.17. The van der Waals surface area contributed by atoms with Gasteiger partial charge in [0.2, 0.25) is 5.91 Å². The minimum atomic E-state index is -0.691. The highest BCUT2D eigenvalue weighted by Gasteiger charge is 2.23. The number of nitriles is 1. The van der Waals surface area contributed by atoms with Crippen molar-refractivity contribution >= 4 is 17.8 Å². The number of benzene rings is 3. The van der Waals surface area contributed by atoms with Gasteiger partial charge in [0, 0.05) is 25.5 Å². The third-order valence-electron chi connectivity index (χ3n) is 6.96. The molecule has 5 rings (SSSR count). The number of aromatic nitrogens is 2. The van der Waals surface area contributed by atoms with E-state index in [1.165, 1.54) is 24.4 Å². The lowest BCUT2D eigenvalue weighted by Crippen LogP contribution is -2.47. The molecule has 0 radical (unpaired) electrons. The lowest BCUT2D eigenvalue weighted by molar-refractivity contribution is -0.115. The Kier molecular flexibility index (Phi) is 13.5. The molecule has 46 heavy (non-hydrogen) atoms. The van der Waals surface area contributed by atoms with Crippen LogP contribution in [0.15, 0.2) is 97.3 Å². The number of nitrogens with zero attached hydrogens (tertiary/aromatic N) is 3. The minimum absolute atomic E-state index is 0.0557. The number of anilines is 1. The van der Waals surface area contributed by atoms with Crippen molar-refractivity contribution in [1.82, 2.24) is 20.6 Å². The van der Waals surface area contributed by atoms with Crippen molar-refractivity contribution in [3.05, 3.63) is 120 Å². The Bertz CT molecular complexity index is 1510. The number of morpholine rings is 1. The van der Waals surface area contributed by atoms with Gasteiger partial charge in [-0.1, -0.05) is 60.7 Å². The molecule has 0 spiro atoms. The van der Waals surface area contributed by atoms with E-state index >= 15 is 0 Å². The molecule has 2 atom stereocenters. The van der Waals surface area contributed by atoms with Crippen molar-refractivity contribution in [1.29, 1.82) is 5.26 Å². The van der Waals surface area contributed by atoms with E-state index in [1.54, 1.807) is 30.5 Å². The molecule has 0 saturated carbocycles. The van der Waals surface area contributed by atoms with Gasteiger partial charge >= 0.3 is 6.09 Å². The van der Waals surface area contributed by atoms with E-state index in [2.05, 4.69) is 97.4 Å². The van der Waals surface area contributed by atoms with Crippen LogP contribution < -0.4 is 20.7 Å². The van der Waals surface area contributed by atoms with Gasteiger partial charge in [0.25, 0.3) is 0 Å². The van der Waals surface area contributed by atoms with E-state index in [9.17, 15) is 9.59 Å². The quantitative estimate of drug-likeness (QED) is 0.223. The van der Waals surface area contributed by atoms with Crippen molar-refractivity contribution in [2.75, 3.05) is 38.7 Å². The van der Waals surface area contributed by atoms with Crippen LogP contribution in [-0.4, -0.2) is 67.5 Å².